The van der Waals surface area contributed by atoms with Gasteiger partial charge in [0.1, 0.15) is 0 Å². The predicted molar refractivity (Wildman–Crippen MR) is 93.3 cm³/mol. The van der Waals surface area contributed by atoms with Crippen LogP contribution in [0.15, 0.2) is 54.6 Å². The molecule has 0 heterocycles. The van der Waals surface area contributed by atoms with Crippen LogP contribution in [0.2, 0.25) is 0 Å². The van der Waals surface area contributed by atoms with E-state index < -0.39 is 0 Å². The van der Waals surface area contributed by atoms with Gasteiger partial charge >= 0.3 is 0 Å². The average Bonchev–Trinajstić information content (AvgIpc) is 2.49. The molecule has 0 aromatic heterocycles. The van der Waals surface area contributed by atoms with Crippen LogP contribution in [0.4, 0.5) is 0 Å². The highest BCUT2D eigenvalue weighted by atomic mass is 35.5. The zero-order valence-electron chi connectivity index (χ0n) is 13.2. The maximum atomic E-state index is 6.02. The molecule has 0 aliphatic heterocycles. The summed E-state index contributed by atoms with van der Waals surface area (Å²) in [6, 6.07) is 19.7. The van der Waals surface area contributed by atoms with Crippen molar-refractivity contribution in [2.24, 2.45) is 5.92 Å². The highest BCUT2D eigenvalue weighted by Gasteiger charge is 2.23. The fourth-order valence-electron chi connectivity index (χ4n) is 3.13. The second-order valence-corrected chi connectivity index (χ2v) is 6.50. The van der Waals surface area contributed by atoms with Crippen LogP contribution in [0.25, 0.3) is 0 Å². The van der Waals surface area contributed by atoms with Gasteiger partial charge in [-0.05, 0) is 34.9 Å². The Bertz CT molecular complexity index is 545. The van der Waals surface area contributed by atoms with E-state index in [9.17, 15) is 0 Å². The Morgan fingerprint density at radius 3 is 1.95 bits per heavy atom. The van der Waals surface area contributed by atoms with Crippen LogP contribution in [0.1, 0.15) is 55.7 Å². The first kappa shape index (κ1) is 16.1. The van der Waals surface area contributed by atoms with Gasteiger partial charge in [-0.2, -0.15) is 0 Å². The van der Waals surface area contributed by atoms with Gasteiger partial charge < -0.3 is 0 Å². The van der Waals surface area contributed by atoms with Gasteiger partial charge in [0, 0.05) is 11.8 Å². The molecule has 1 heteroatoms. The number of hydrogen-bond acceptors (Lipinski definition) is 0. The van der Waals surface area contributed by atoms with Gasteiger partial charge in [-0.1, -0.05) is 75.4 Å². The molecule has 2 rings (SSSR count). The van der Waals surface area contributed by atoms with Crippen molar-refractivity contribution in [3.8, 4) is 0 Å². The van der Waals surface area contributed by atoms with E-state index in [1.807, 2.05) is 0 Å². The number of alkyl halides is 1. The maximum absolute atomic E-state index is 6.02. The third kappa shape index (κ3) is 3.89. The van der Waals surface area contributed by atoms with Crippen LogP contribution in [0.5, 0.6) is 0 Å². The quantitative estimate of drug-likeness (QED) is 0.557. The lowest BCUT2D eigenvalue weighted by molar-refractivity contribution is 0.495. The summed E-state index contributed by atoms with van der Waals surface area (Å²) in [5, 5.41) is 0. The second-order valence-electron chi connectivity index (χ2n) is 6.13. The highest BCUT2D eigenvalue weighted by Crippen LogP contribution is 2.37. The van der Waals surface area contributed by atoms with Gasteiger partial charge in [0.05, 0.1) is 0 Å². The maximum Gasteiger partial charge on any atom is 0.0226 e. The molecule has 0 fully saturated rings. The normalized spacial score (nSPS) is 14.1. The lowest BCUT2D eigenvalue weighted by Crippen LogP contribution is -2.14. The van der Waals surface area contributed by atoms with E-state index in [2.05, 4.69) is 75.4 Å². The summed E-state index contributed by atoms with van der Waals surface area (Å²) in [6.07, 6.45) is 1.04. The molecular formula is C20H25Cl. The van der Waals surface area contributed by atoms with E-state index >= 15 is 0 Å². The van der Waals surface area contributed by atoms with Gasteiger partial charge in [-0.15, -0.1) is 11.6 Å². The number of rotatable bonds is 6. The van der Waals surface area contributed by atoms with E-state index in [-0.39, 0.29) is 0 Å². The van der Waals surface area contributed by atoms with E-state index in [1.165, 1.54) is 16.7 Å². The molecule has 2 atom stereocenters. The minimum Gasteiger partial charge on any atom is -0.127 e. The average molecular weight is 301 g/mol. The number of halogens is 1. The molecule has 112 valence electrons. The van der Waals surface area contributed by atoms with Gasteiger partial charge in [0.25, 0.3) is 0 Å². The molecular weight excluding hydrogens is 276 g/mol. The molecule has 0 spiro atoms. The van der Waals surface area contributed by atoms with Crippen LogP contribution >= 0.6 is 11.6 Å². The van der Waals surface area contributed by atoms with Crippen molar-refractivity contribution in [2.45, 2.75) is 39.0 Å². The zero-order valence-corrected chi connectivity index (χ0v) is 14.0. The Kier molecular flexibility index (Phi) is 5.87. The smallest absolute Gasteiger partial charge is 0.0226 e. The first-order chi connectivity index (χ1) is 10.1. The molecule has 0 saturated carbocycles. The first-order valence-electron chi connectivity index (χ1n) is 7.84. The predicted octanol–water partition coefficient (Wildman–Crippen LogP) is 6.21. The Balaban J connectivity index is 2.50. The van der Waals surface area contributed by atoms with Crippen LogP contribution in [0, 0.1) is 5.92 Å². The van der Waals surface area contributed by atoms with Crippen LogP contribution in [0.3, 0.4) is 0 Å². The van der Waals surface area contributed by atoms with Crippen LogP contribution in [-0.2, 0) is 0 Å². The molecule has 0 nitrogen and oxygen atoms in total. The van der Waals surface area contributed by atoms with Gasteiger partial charge in [0.2, 0.25) is 0 Å². The van der Waals surface area contributed by atoms with Crippen LogP contribution < -0.4 is 0 Å². The third-order valence-electron chi connectivity index (χ3n) is 4.25. The Morgan fingerprint density at radius 1 is 0.810 bits per heavy atom. The Hall–Kier alpha value is -1.27. The lowest BCUT2D eigenvalue weighted by atomic mass is 9.77. The molecule has 0 bridgehead atoms. The summed E-state index contributed by atoms with van der Waals surface area (Å²) in [7, 11) is 0. The van der Waals surface area contributed by atoms with E-state index in [1.54, 1.807) is 0 Å². The summed E-state index contributed by atoms with van der Waals surface area (Å²) in [6.45, 7) is 6.86. The van der Waals surface area contributed by atoms with Crippen molar-refractivity contribution < 1.29 is 0 Å². The number of hydrogen-bond donors (Lipinski definition) is 0. The topological polar surface area (TPSA) is 0 Å². The van der Waals surface area contributed by atoms with E-state index in [0.717, 1.165) is 6.42 Å². The fourth-order valence-corrected chi connectivity index (χ4v) is 3.48. The minimum absolute atomic E-state index is 0.420. The molecule has 0 aliphatic carbocycles. The highest BCUT2D eigenvalue weighted by molar-refractivity contribution is 6.17. The first-order valence-corrected chi connectivity index (χ1v) is 8.38. The summed E-state index contributed by atoms with van der Waals surface area (Å²) < 4.78 is 0. The van der Waals surface area contributed by atoms with E-state index in [0.29, 0.717) is 23.6 Å². The molecule has 21 heavy (non-hydrogen) atoms. The molecule has 0 N–H and O–H groups in total. The molecule has 2 unspecified atom stereocenters. The van der Waals surface area contributed by atoms with E-state index in [4.69, 9.17) is 11.6 Å². The SMILES string of the molecule is CC(C)c1ccccc1C(c1ccccc1)C(C)CCCl. The number of benzene rings is 2. The summed E-state index contributed by atoms with van der Waals surface area (Å²) in [5.41, 5.74) is 4.30. The molecule has 2 aromatic rings. The standard InChI is InChI=1S/C20H25Cl/c1-15(2)18-11-7-8-12-19(18)20(16(3)13-14-21)17-9-5-4-6-10-17/h4-12,15-16,20H,13-14H2,1-3H3. The summed E-state index contributed by atoms with van der Waals surface area (Å²) in [4.78, 5) is 0. The molecule has 0 amide bonds. The molecule has 0 radical (unpaired) electrons. The summed E-state index contributed by atoms with van der Waals surface area (Å²) in [5.74, 6) is 2.21. The van der Waals surface area contributed by atoms with Crippen molar-refractivity contribution >= 4 is 11.6 Å². The van der Waals surface area contributed by atoms with Gasteiger partial charge in [-0.3, -0.25) is 0 Å². The van der Waals surface area contributed by atoms with Gasteiger partial charge in [-0.25, -0.2) is 0 Å². The third-order valence-corrected chi connectivity index (χ3v) is 4.46. The van der Waals surface area contributed by atoms with Crippen molar-refractivity contribution in [3.05, 3.63) is 71.3 Å². The molecule has 2 aromatic carbocycles. The molecule has 0 aliphatic rings. The lowest BCUT2D eigenvalue weighted by Gasteiger charge is -2.28. The van der Waals surface area contributed by atoms with Crippen molar-refractivity contribution in [3.63, 3.8) is 0 Å². The van der Waals surface area contributed by atoms with Crippen molar-refractivity contribution in [2.75, 3.05) is 5.88 Å². The fraction of sp³-hybridized carbons (Fsp3) is 0.400. The molecule has 0 saturated heterocycles. The van der Waals surface area contributed by atoms with Crippen molar-refractivity contribution in [1.82, 2.24) is 0 Å². The van der Waals surface area contributed by atoms with Crippen LogP contribution in [-0.4, -0.2) is 5.88 Å². The second kappa shape index (κ2) is 7.66. The Morgan fingerprint density at radius 2 is 1.38 bits per heavy atom. The van der Waals surface area contributed by atoms with Gasteiger partial charge in [0.15, 0.2) is 0 Å². The summed E-state index contributed by atoms with van der Waals surface area (Å²) >= 11 is 6.02. The monoisotopic (exact) mass is 300 g/mol. The zero-order chi connectivity index (χ0) is 15.2. The largest absolute Gasteiger partial charge is 0.127 e. The Labute approximate surface area is 134 Å². The minimum atomic E-state index is 0.420. The van der Waals surface area contributed by atoms with Crippen molar-refractivity contribution in [1.29, 1.82) is 0 Å².